The number of carbonyl (C=O) groups excluding carboxylic acids is 1. The molecule has 164 valence electrons. The second kappa shape index (κ2) is 9.90. The normalized spacial score (nSPS) is 11.3. The van der Waals surface area contributed by atoms with Crippen LogP contribution in [-0.2, 0) is 11.8 Å². The first-order valence-electron chi connectivity index (χ1n) is 9.63. The number of amides is 1. The third kappa shape index (κ3) is 5.50. The molecule has 0 atom stereocenters. The minimum absolute atomic E-state index is 0.221. The van der Waals surface area contributed by atoms with Crippen LogP contribution in [0, 0.1) is 0 Å². The van der Waals surface area contributed by atoms with E-state index in [0.29, 0.717) is 40.2 Å². The van der Waals surface area contributed by atoms with E-state index in [1.54, 1.807) is 37.8 Å². The van der Waals surface area contributed by atoms with Gasteiger partial charge in [-0.15, -0.1) is 11.3 Å². The minimum atomic E-state index is -0.320. The summed E-state index contributed by atoms with van der Waals surface area (Å²) in [6, 6.07) is 11.2. The molecule has 5 nitrogen and oxygen atoms in total. The zero-order valence-electron chi connectivity index (χ0n) is 17.8. The molecule has 0 spiro atoms. The van der Waals surface area contributed by atoms with Crippen molar-refractivity contribution >= 4 is 40.4 Å². The molecule has 0 saturated heterocycles. The molecule has 1 amide bonds. The van der Waals surface area contributed by atoms with Gasteiger partial charge in [0.2, 0.25) is 0 Å². The molecule has 0 saturated carbocycles. The van der Waals surface area contributed by atoms with Crippen molar-refractivity contribution in [1.82, 2.24) is 10.3 Å². The lowest BCUT2D eigenvalue weighted by Crippen LogP contribution is -2.36. The van der Waals surface area contributed by atoms with Gasteiger partial charge >= 0.3 is 0 Å². The van der Waals surface area contributed by atoms with Gasteiger partial charge in [-0.25, -0.2) is 4.98 Å². The number of methoxy groups -OCH3 is 2. The number of nitrogens with zero attached hydrogens (tertiary/aromatic N) is 1. The van der Waals surface area contributed by atoms with E-state index in [1.165, 1.54) is 11.3 Å². The number of rotatable bonds is 8. The number of hydrogen-bond acceptors (Lipinski definition) is 5. The Bertz CT molecular complexity index is 1060. The molecule has 8 heteroatoms. The summed E-state index contributed by atoms with van der Waals surface area (Å²) in [4.78, 5) is 17.1. The summed E-state index contributed by atoms with van der Waals surface area (Å²) in [6.07, 6.45) is 0.480. The van der Waals surface area contributed by atoms with E-state index in [1.807, 2.05) is 18.2 Å². The topological polar surface area (TPSA) is 60.5 Å². The number of benzene rings is 2. The summed E-state index contributed by atoms with van der Waals surface area (Å²) in [7, 11) is 3.21. The van der Waals surface area contributed by atoms with Crippen molar-refractivity contribution in [3.8, 4) is 11.5 Å². The van der Waals surface area contributed by atoms with Gasteiger partial charge in [0.05, 0.1) is 19.2 Å². The molecule has 2 aromatic carbocycles. The Morgan fingerprint density at radius 2 is 1.77 bits per heavy atom. The quantitative estimate of drug-likeness (QED) is 0.446. The Labute approximate surface area is 196 Å². The highest BCUT2D eigenvalue weighted by Crippen LogP contribution is 2.33. The summed E-state index contributed by atoms with van der Waals surface area (Å²) in [5.41, 5.74) is 1.89. The maximum absolute atomic E-state index is 12.7. The molecule has 0 aliphatic rings. The lowest BCUT2D eigenvalue weighted by Gasteiger charge is -2.26. The van der Waals surface area contributed by atoms with Crippen LogP contribution in [0.5, 0.6) is 11.5 Å². The fourth-order valence-electron chi connectivity index (χ4n) is 3.10. The van der Waals surface area contributed by atoms with Crippen LogP contribution in [0.15, 0.2) is 41.8 Å². The van der Waals surface area contributed by atoms with Gasteiger partial charge in [0.15, 0.2) is 11.5 Å². The van der Waals surface area contributed by atoms with Gasteiger partial charge in [0.25, 0.3) is 5.91 Å². The van der Waals surface area contributed by atoms with Gasteiger partial charge < -0.3 is 14.8 Å². The van der Waals surface area contributed by atoms with E-state index >= 15 is 0 Å². The van der Waals surface area contributed by atoms with E-state index in [4.69, 9.17) is 32.7 Å². The van der Waals surface area contributed by atoms with Gasteiger partial charge in [-0.2, -0.15) is 0 Å². The van der Waals surface area contributed by atoms with Crippen molar-refractivity contribution < 1.29 is 14.3 Å². The van der Waals surface area contributed by atoms with E-state index in [-0.39, 0.29) is 11.3 Å². The lowest BCUT2D eigenvalue weighted by molar-refractivity contribution is 0.0941. The second-order valence-electron chi connectivity index (χ2n) is 7.64. The van der Waals surface area contributed by atoms with Crippen molar-refractivity contribution in [2.24, 2.45) is 0 Å². The fraction of sp³-hybridized carbons (Fsp3) is 0.304. The minimum Gasteiger partial charge on any atom is -0.493 e. The fourth-order valence-corrected chi connectivity index (χ4v) is 4.42. The molecule has 1 heterocycles. The third-order valence-corrected chi connectivity index (χ3v) is 6.59. The molecule has 0 aliphatic heterocycles. The highest BCUT2D eigenvalue weighted by Gasteiger charge is 2.24. The average molecular weight is 479 g/mol. The van der Waals surface area contributed by atoms with Crippen molar-refractivity contribution in [1.29, 1.82) is 0 Å². The lowest BCUT2D eigenvalue weighted by atomic mass is 9.84. The SMILES string of the molecule is COc1ccc(C(C)(C)CNC(=O)c2csc(Cc3c(Cl)cccc3Cl)n2)cc1OC. The Hall–Kier alpha value is -2.28. The summed E-state index contributed by atoms with van der Waals surface area (Å²) in [5, 5.41) is 6.69. The van der Waals surface area contributed by atoms with Crippen LogP contribution >= 0.6 is 34.5 Å². The average Bonchev–Trinajstić information content (AvgIpc) is 3.23. The number of halogens is 2. The van der Waals surface area contributed by atoms with Crippen LogP contribution in [0.25, 0.3) is 0 Å². The summed E-state index contributed by atoms with van der Waals surface area (Å²) in [5.74, 6) is 1.10. The van der Waals surface area contributed by atoms with E-state index in [9.17, 15) is 4.79 Å². The number of nitrogens with one attached hydrogen (secondary N) is 1. The van der Waals surface area contributed by atoms with Crippen molar-refractivity contribution in [3.63, 3.8) is 0 Å². The Morgan fingerprint density at radius 3 is 2.42 bits per heavy atom. The van der Waals surface area contributed by atoms with Crippen LogP contribution in [-0.4, -0.2) is 31.7 Å². The number of aromatic nitrogens is 1. The molecule has 1 N–H and O–H groups in total. The van der Waals surface area contributed by atoms with Gasteiger partial charge in [-0.05, 0) is 35.4 Å². The zero-order valence-corrected chi connectivity index (χ0v) is 20.1. The Morgan fingerprint density at radius 1 is 1.10 bits per heavy atom. The predicted octanol–water partition coefficient (Wildman–Crippen LogP) is 5.77. The highest BCUT2D eigenvalue weighted by atomic mass is 35.5. The summed E-state index contributed by atoms with van der Waals surface area (Å²) >= 11 is 13.9. The molecular weight excluding hydrogens is 455 g/mol. The highest BCUT2D eigenvalue weighted by molar-refractivity contribution is 7.09. The molecule has 3 aromatic rings. The first kappa shape index (κ1) is 23.4. The third-order valence-electron chi connectivity index (χ3n) is 5.03. The van der Waals surface area contributed by atoms with Crippen LogP contribution in [0.4, 0.5) is 0 Å². The van der Waals surface area contributed by atoms with Gasteiger partial charge in [-0.3, -0.25) is 4.79 Å². The van der Waals surface area contributed by atoms with Crippen molar-refractivity contribution in [2.45, 2.75) is 25.7 Å². The Kier molecular flexibility index (Phi) is 7.46. The first-order chi connectivity index (χ1) is 14.7. The van der Waals surface area contributed by atoms with Gasteiger partial charge in [-0.1, -0.05) is 49.2 Å². The molecule has 3 rings (SSSR count). The summed E-state index contributed by atoms with van der Waals surface area (Å²) in [6.45, 7) is 4.55. The molecule has 0 bridgehead atoms. The standard InChI is InChI=1S/C23H24Cl2N2O3S/c1-23(2,14-8-9-19(29-3)20(10-14)30-4)13-26-22(28)18-12-31-21(27-18)11-15-16(24)6-5-7-17(15)25/h5-10,12H,11,13H2,1-4H3,(H,26,28). The van der Waals surface area contributed by atoms with E-state index in [2.05, 4.69) is 24.1 Å². The predicted molar refractivity (Wildman–Crippen MR) is 126 cm³/mol. The smallest absolute Gasteiger partial charge is 0.270 e. The van der Waals surface area contributed by atoms with E-state index < -0.39 is 0 Å². The van der Waals surface area contributed by atoms with Crippen LogP contribution in [0.2, 0.25) is 10.0 Å². The summed E-state index contributed by atoms with van der Waals surface area (Å²) < 4.78 is 10.7. The van der Waals surface area contributed by atoms with Gasteiger partial charge in [0, 0.05) is 33.8 Å². The number of ether oxygens (including phenoxy) is 2. The van der Waals surface area contributed by atoms with Crippen LogP contribution in [0.3, 0.4) is 0 Å². The zero-order chi connectivity index (χ0) is 22.6. The molecule has 0 radical (unpaired) electrons. The second-order valence-corrected chi connectivity index (χ2v) is 9.40. The van der Waals surface area contributed by atoms with Crippen molar-refractivity contribution in [3.05, 3.63) is 73.7 Å². The maximum atomic E-state index is 12.7. The number of carbonyl (C=O) groups is 1. The molecule has 0 fully saturated rings. The molecule has 31 heavy (non-hydrogen) atoms. The largest absolute Gasteiger partial charge is 0.493 e. The Balaban J connectivity index is 1.67. The molecule has 0 aliphatic carbocycles. The van der Waals surface area contributed by atoms with Crippen molar-refractivity contribution in [2.75, 3.05) is 20.8 Å². The first-order valence-corrected chi connectivity index (χ1v) is 11.3. The van der Waals surface area contributed by atoms with Gasteiger partial charge in [0.1, 0.15) is 5.69 Å². The maximum Gasteiger partial charge on any atom is 0.270 e. The number of hydrogen-bond donors (Lipinski definition) is 1. The van der Waals surface area contributed by atoms with Crippen LogP contribution in [0.1, 0.15) is 40.5 Å². The molecular formula is C23H24Cl2N2O3S. The molecule has 1 aromatic heterocycles. The van der Waals surface area contributed by atoms with Crippen LogP contribution < -0.4 is 14.8 Å². The molecule has 0 unspecified atom stereocenters. The number of thiazole rings is 1. The monoisotopic (exact) mass is 478 g/mol. The van der Waals surface area contributed by atoms with E-state index in [0.717, 1.165) is 16.1 Å².